The Morgan fingerprint density at radius 2 is 1.80 bits per heavy atom. The zero-order chi connectivity index (χ0) is 17.5. The average molecular weight is 343 g/mol. The molecule has 0 bridgehead atoms. The second-order valence-electron chi connectivity index (χ2n) is 5.84. The van der Waals surface area contributed by atoms with Crippen LogP contribution < -0.4 is 15.5 Å². The number of halogens is 1. The molecule has 1 aliphatic rings. The number of carbonyl (C=O) groups excluding carboxylic acids is 1. The SMILES string of the molecule is O=C(NCCc1ccccc1F)Nc1ccccc1N1CCOCC1. The summed E-state index contributed by atoms with van der Waals surface area (Å²) in [5.74, 6) is -0.248. The summed E-state index contributed by atoms with van der Waals surface area (Å²) >= 11 is 0. The second kappa shape index (κ2) is 8.48. The van der Waals surface area contributed by atoms with E-state index in [9.17, 15) is 9.18 Å². The van der Waals surface area contributed by atoms with E-state index in [0.717, 1.165) is 24.5 Å². The number of benzene rings is 2. The van der Waals surface area contributed by atoms with Gasteiger partial charge < -0.3 is 20.3 Å². The first kappa shape index (κ1) is 17.2. The van der Waals surface area contributed by atoms with E-state index >= 15 is 0 Å². The summed E-state index contributed by atoms with van der Waals surface area (Å²) in [4.78, 5) is 14.4. The Bertz CT molecular complexity index is 717. The number of nitrogens with one attached hydrogen (secondary N) is 2. The number of carbonyl (C=O) groups is 1. The molecule has 1 heterocycles. The van der Waals surface area contributed by atoms with Crippen molar-refractivity contribution in [2.75, 3.05) is 43.1 Å². The summed E-state index contributed by atoms with van der Waals surface area (Å²) in [6.07, 6.45) is 0.450. The van der Waals surface area contributed by atoms with Crippen LogP contribution in [-0.2, 0) is 11.2 Å². The van der Waals surface area contributed by atoms with Crippen molar-refractivity contribution in [3.8, 4) is 0 Å². The van der Waals surface area contributed by atoms with Gasteiger partial charge in [-0.2, -0.15) is 0 Å². The quantitative estimate of drug-likeness (QED) is 0.877. The number of anilines is 2. The van der Waals surface area contributed by atoms with Crippen LogP contribution in [-0.4, -0.2) is 38.9 Å². The molecule has 2 N–H and O–H groups in total. The van der Waals surface area contributed by atoms with E-state index in [4.69, 9.17) is 4.74 Å². The third-order valence-corrected chi connectivity index (χ3v) is 4.14. The van der Waals surface area contributed by atoms with Crippen molar-refractivity contribution < 1.29 is 13.9 Å². The lowest BCUT2D eigenvalue weighted by Gasteiger charge is -2.30. The van der Waals surface area contributed by atoms with Crippen LogP contribution >= 0.6 is 0 Å². The van der Waals surface area contributed by atoms with Crippen LogP contribution in [0.15, 0.2) is 48.5 Å². The molecule has 1 aliphatic heterocycles. The molecule has 1 fully saturated rings. The van der Waals surface area contributed by atoms with Crippen LogP contribution in [0, 0.1) is 5.82 Å². The Morgan fingerprint density at radius 3 is 2.60 bits per heavy atom. The second-order valence-corrected chi connectivity index (χ2v) is 5.84. The summed E-state index contributed by atoms with van der Waals surface area (Å²) < 4.78 is 19.0. The van der Waals surface area contributed by atoms with E-state index in [1.165, 1.54) is 6.07 Å². The third-order valence-electron chi connectivity index (χ3n) is 4.14. The Hall–Kier alpha value is -2.60. The Labute approximate surface area is 146 Å². The minimum Gasteiger partial charge on any atom is -0.378 e. The monoisotopic (exact) mass is 343 g/mol. The van der Waals surface area contributed by atoms with Gasteiger partial charge in [0.15, 0.2) is 0 Å². The number of rotatable bonds is 5. The molecule has 0 spiro atoms. The van der Waals surface area contributed by atoms with Crippen molar-refractivity contribution in [3.05, 3.63) is 59.9 Å². The number of morpholine rings is 1. The first-order valence-electron chi connectivity index (χ1n) is 8.44. The van der Waals surface area contributed by atoms with Crippen molar-refractivity contribution in [3.63, 3.8) is 0 Å². The molecule has 132 valence electrons. The van der Waals surface area contributed by atoms with Gasteiger partial charge in [0.2, 0.25) is 0 Å². The van der Waals surface area contributed by atoms with Gasteiger partial charge in [0.1, 0.15) is 5.82 Å². The van der Waals surface area contributed by atoms with Crippen LogP contribution in [0.5, 0.6) is 0 Å². The molecular weight excluding hydrogens is 321 g/mol. The molecule has 2 aromatic carbocycles. The molecule has 0 aliphatic carbocycles. The lowest BCUT2D eigenvalue weighted by Crippen LogP contribution is -2.37. The molecule has 1 saturated heterocycles. The normalized spacial score (nSPS) is 14.2. The van der Waals surface area contributed by atoms with Gasteiger partial charge in [-0.1, -0.05) is 30.3 Å². The van der Waals surface area contributed by atoms with Gasteiger partial charge in [-0.15, -0.1) is 0 Å². The summed E-state index contributed by atoms with van der Waals surface area (Å²) in [5, 5.41) is 5.66. The number of nitrogens with zero attached hydrogens (tertiary/aromatic N) is 1. The molecular formula is C19H22FN3O2. The van der Waals surface area contributed by atoms with E-state index < -0.39 is 0 Å². The van der Waals surface area contributed by atoms with Crippen molar-refractivity contribution in [1.29, 1.82) is 0 Å². The molecule has 5 nitrogen and oxygen atoms in total. The van der Waals surface area contributed by atoms with Crippen LogP contribution in [0.2, 0.25) is 0 Å². The maximum Gasteiger partial charge on any atom is 0.319 e. The van der Waals surface area contributed by atoms with Crippen molar-refractivity contribution >= 4 is 17.4 Å². The molecule has 0 aromatic heterocycles. The summed E-state index contributed by atoms with van der Waals surface area (Å²) in [5.41, 5.74) is 2.33. The molecule has 0 radical (unpaired) electrons. The highest BCUT2D eigenvalue weighted by Crippen LogP contribution is 2.26. The largest absolute Gasteiger partial charge is 0.378 e. The first-order valence-corrected chi connectivity index (χ1v) is 8.44. The third kappa shape index (κ3) is 4.70. The molecule has 0 saturated carbocycles. The Kier molecular flexibility index (Phi) is 5.85. The van der Waals surface area contributed by atoms with E-state index in [1.807, 2.05) is 24.3 Å². The van der Waals surface area contributed by atoms with Gasteiger partial charge in [-0.25, -0.2) is 9.18 Å². The number of ether oxygens (including phenoxy) is 1. The van der Waals surface area contributed by atoms with E-state index in [2.05, 4.69) is 15.5 Å². The maximum atomic E-state index is 13.6. The van der Waals surface area contributed by atoms with Crippen LogP contribution in [0.25, 0.3) is 0 Å². The lowest BCUT2D eigenvalue weighted by atomic mass is 10.1. The lowest BCUT2D eigenvalue weighted by molar-refractivity contribution is 0.123. The minimum atomic E-state index is -0.294. The summed E-state index contributed by atoms with van der Waals surface area (Å²) in [6.45, 7) is 3.33. The smallest absolute Gasteiger partial charge is 0.319 e. The first-order chi connectivity index (χ1) is 12.2. The van der Waals surface area contributed by atoms with Crippen LogP contribution in [0.1, 0.15) is 5.56 Å². The van der Waals surface area contributed by atoms with Crippen molar-refractivity contribution in [1.82, 2.24) is 5.32 Å². The number of hydrogen-bond donors (Lipinski definition) is 2. The molecule has 2 aromatic rings. The number of para-hydroxylation sites is 2. The molecule has 0 unspecified atom stereocenters. The fourth-order valence-corrected chi connectivity index (χ4v) is 2.84. The maximum absolute atomic E-state index is 13.6. The van der Waals surface area contributed by atoms with E-state index in [-0.39, 0.29) is 11.8 Å². The molecule has 25 heavy (non-hydrogen) atoms. The van der Waals surface area contributed by atoms with Gasteiger partial charge in [-0.3, -0.25) is 0 Å². The van der Waals surface area contributed by atoms with E-state index in [1.54, 1.807) is 18.2 Å². The molecule has 0 atom stereocenters. The highest BCUT2D eigenvalue weighted by molar-refractivity contribution is 5.93. The zero-order valence-corrected chi connectivity index (χ0v) is 14.0. The Morgan fingerprint density at radius 1 is 1.08 bits per heavy atom. The van der Waals surface area contributed by atoms with Gasteiger partial charge in [0.25, 0.3) is 0 Å². The number of amides is 2. The summed E-state index contributed by atoms with van der Waals surface area (Å²) in [6, 6.07) is 14.0. The number of urea groups is 1. The topological polar surface area (TPSA) is 53.6 Å². The van der Waals surface area contributed by atoms with E-state index in [0.29, 0.717) is 31.7 Å². The highest BCUT2D eigenvalue weighted by atomic mass is 19.1. The van der Waals surface area contributed by atoms with Crippen molar-refractivity contribution in [2.24, 2.45) is 0 Å². The van der Waals surface area contributed by atoms with Gasteiger partial charge in [0.05, 0.1) is 24.6 Å². The van der Waals surface area contributed by atoms with Gasteiger partial charge in [0, 0.05) is 19.6 Å². The molecule has 6 heteroatoms. The number of hydrogen-bond acceptors (Lipinski definition) is 3. The fourth-order valence-electron chi connectivity index (χ4n) is 2.84. The predicted molar refractivity (Wildman–Crippen MR) is 96.6 cm³/mol. The fraction of sp³-hybridized carbons (Fsp3) is 0.316. The van der Waals surface area contributed by atoms with Gasteiger partial charge >= 0.3 is 6.03 Å². The summed E-state index contributed by atoms with van der Waals surface area (Å²) in [7, 11) is 0. The minimum absolute atomic E-state index is 0.248. The van der Waals surface area contributed by atoms with Crippen molar-refractivity contribution in [2.45, 2.75) is 6.42 Å². The van der Waals surface area contributed by atoms with Crippen LogP contribution in [0.3, 0.4) is 0 Å². The van der Waals surface area contributed by atoms with Gasteiger partial charge in [-0.05, 0) is 30.2 Å². The molecule has 2 amide bonds. The van der Waals surface area contributed by atoms with Crippen LogP contribution in [0.4, 0.5) is 20.6 Å². The standard InChI is InChI=1S/C19H22FN3O2/c20-16-6-2-1-5-15(16)9-10-21-19(24)22-17-7-3-4-8-18(17)23-11-13-25-14-12-23/h1-8H,9-14H2,(H2,21,22,24). The zero-order valence-electron chi connectivity index (χ0n) is 14.0. The predicted octanol–water partition coefficient (Wildman–Crippen LogP) is 3.03. The Balaban J connectivity index is 1.55. The molecule has 3 rings (SSSR count). The highest BCUT2D eigenvalue weighted by Gasteiger charge is 2.15. The average Bonchev–Trinajstić information content (AvgIpc) is 2.64.